The first-order valence-electron chi connectivity index (χ1n) is 6.10. The van der Waals surface area contributed by atoms with E-state index in [-0.39, 0.29) is 6.09 Å². The molecule has 4 heteroatoms. The molecule has 4 nitrogen and oxygen atoms in total. The number of rotatable bonds is 9. The number of hydrogen-bond acceptors (Lipinski definition) is 3. The van der Waals surface area contributed by atoms with Crippen LogP contribution in [0.4, 0.5) is 4.79 Å². The van der Waals surface area contributed by atoms with E-state index < -0.39 is 0 Å². The molecule has 0 aromatic carbocycles. The second kappa shape index (κ2) is 11.2. The van der Waals surface area contributed by atoms with E-state index in [0.717, 1.165) is 37.9 Å². The largest absolute Gasteiger partial charge is 0.449 e. The van der Waals surface area contributed by atoms with Gasteiger partial charge in [0.1, 0.15) is 0 Å². The predicted molar refractivity (Wildman–Crippen MR) is 70.8 cm³/mol. The topological polar surface area (TPSA) is 50.4 Å². The molecule has 0 aromatic heterocycles. The Labute approximate surface area is 104 Å². The number of amides is 1. The van der Waals surface area contributed by atoms with Crippen LogP contribution in [0.15, 0.2) is 24.4 Å². The van der Waals surface area contributed by atoms with Crippen LogP contribution in [0.3, 0.4) is 0 Å². The van der Waals surface area contributed by atoms with Crippen molar-refractivity contribution >= 4 is 6.09 Å². The summed E-state index contributed by atoms with van der Waals surface area (Å²) < 4.78 is 4.91. The SMILES string of the molecule is C=C(C)CNCCC=CNC(=O)OCCCC. The Morgan fingerprint density at radius 2 is 2.24 bits per heavy atom. The first kappa shape index (κ1) is 15.7. The van der Waals surface area contributed by atoms with E-state index in [9.17, 15) is 4.79 Å². The highest BCUT2D eigenvalue weighted by Gasteiger charge is 1.96. The van der Waals surface area contributed by atoms with Gasteiger partial charge in [0.25, 0.3) is 0 Å². The van der Waals surface area contributed by atoms with Crippen LogP contribution in [-0.4, -0.2) is 25.8 Å². The highest BCUT2D eigenvalue weighted by atomic mass is 16.5. The summed E-state index contributed by atoms with van der Waals surface area (Å²) in [6.45, 7) is 10.0. The zero-order valence-corrected chi connectivity index (χ0v) is 10.9. The molecule has 0 spiro atoms. The van der Waals surface area contributed by atoms with Crippen molar-refractivity contribution < 1.29 is 9.53 Å². The Balaban J connectivity index is 3.34. The molecule has 1 amide bonds. The third-order valence-corrected chi connectivity index (χ3v) is 1.96. The predicted octanol–water partition coefficient (Wildman–Crippen LogP) is 2.58. The average molecular weight is 240 g/mol. The molecule has 0 saturated carbocycles. The number of ether oxygens (including phenoxy) is 1. The van der Waals surface area contributed by atoms with Crippen LogP contribution in [0, 0.1) is 0 Å². The average Bonchev–Trinajstić information content (AvgIpc) is 2.28. The summed E-state index contributed by atoms with van der Waals surface area (Å²) in [6, 6.07) is 0. The fraction of sp³-hybridized carbons (Fsp3) is 0.615. The second-order valence-corrected chi connectivity index (χ2v) is 3.96. The highest BCUT2D eigenvalue weighted by Crippen LogP contribution is 1.88. The molecule has 0 radical (unpaired) electrons. The van der Waals surface area contributed by atoms with Crippen LogP contribution in [0.1, 0.15) is 33.1 Å². The van der Waals surface area contributed by atoms with Crippen molar-refractivity contribution in [2.75, 3.05) is 19.7 Å². The minimum absolute atomic E-state index is 0.385. The molecule has 0 aromatic rings. The van der Waals surface area contributed by atoms with Gasteiger partial charge in [-0.05, 0) is 26.3 Å². The van der Waals surface area contributed by atoms with Crippen molar-refractivity contribution in [3.8, 4) is 0 Å². The molecule has 17 heavy (non-hydrogen) atoms. The lowest BCUT2D eigenvalue weighted by molar-refractivity contribution is 0.148. The van der Waals surface area contributed by atoms with E-state index in [1.807, 2.05) is 13.0 Å². The summed E-state index contributed by atoms with van der Waals surface area (Å²) in [6.07, 6.45) is 5.93. The summed E-state index contributed by atoms with van der Waals surface area (Å²) in [4.78, 5) is 11.1. The maximum absolute atomic E-state index is 11.1. The van der Waals surface area contributed by atoms with E-state index >= 15 is 0 Å². The van der Waals surface area contributed by atoms with E-state index in [1.165, 1.54) is 0 Å². The molecule has 98 valence electrons. The smallest absolute Gasteiger partial charge is 0.411 e. The molecule has 0 heterocycles. The van der Waals surface area contributed by atoms with Crippen molar-refractivity contribution in [2.24, 2.45) is 0 Å². The van der Waals surface area contributed by atoms with Crippen molar-refractivity contribution in [3.05, 3.63) is 24.4 Å². The van der Waals surface area contributed by atoms with Crippen molar-refractivity contribution in [3.63, 3.8) is 0 Å². The number of unbranched alkanes of at least 4 members (excludes halogenated alkanes) is 1. The van der Waals surface area contributed by atoms with Crippen molar-refractivity contribution in [2.45, 2.75) is 33.1 Å². The zero-order chi connectivity index (χ0) is 12.9. The molecule has 0 aliphatic carbocycles. The fourth-order valence-electron chi connectivity index (χ4n) is 1.05. The third-order valence-electron chi connectivity index (χ3n) is 1.96. The standard InChI is InChI=1S/C13H24N2O2/c1-4-5-10-17-13(16)15-9-7-6-8-14-11-12(2)3/h7,9,14H,2,4-6,8,10-11H2,1,3H3,(H,15,16). The van der Waals surface area contributed by atoms with Crippen LogP contribution in [0.5, 0.6) is 0 Å². The molecular weight excluding hydrogens is 216 g/mol. The maximum atomic E-state index is 11.1. The fourth-order valence-corrected chi connectivity index (χ4v) is 1.05. The Kier molecular flexibility index (Phi) is 10.4. The van der Waals surface area contributed by atoms with Gasteiger partial charge in [-0.25, -0.2) is 4.79 Å². The normalized spacial score (nSPS) is 10.5. The van der Waals surface area contributed by atoms with Gasteiger partial charge in [-0.15, -0.1) is 0 Å². The van der Waals surface area contributed by atoms with Gasteiger partial charge in [0.15, 0.2) is 0 Å². The maximum Gasteiger partial charge on any atom is 0.411 e. The monoisotopic (exact) mass is 240 g/mol. The molecule has 0 rings (SSSR count). The summed E-state index contributed by atoms with van der Waals surface area (Å²) in [5.74, 6) is 0. The molecule has 0 unspecified atom stereocenters. The van der Waals surface area contributed by atoms with Gasteiger partial charge in [-0.1, -0.05) is 31.6 Å². The molecular formula is C13H24N2O2. The first-order valence-corrected chi connectivity index (χ1v) is 6.10. The quantitative estimate of drug-likeness (QED) is 0.481. The van der Waals surface area contributed by atoms with Gasteiger partial charge in [-0.3, -0.25) is 5.32 Å². The summed E-state index contributed by atoms with van der Waals surface area (Å²) in [5, 5.41) is 5.77. The van der Waals surface area contributed by atoms with E-state index in [1.54, 1.807) is 6.20 Å². The van der Waals surface area contributed by atoms with E-state index in [2.05, 4.69) is 24.1 Å². The van der Waals surface area contributed by atoms with Crippen LogP contribution in [-0.2, 0) is 4.74 Å². The van der Waals surface area contributed by atoms with Gasteiger partial charge in [0.05, 0.1) is 6.61 Å². The lowest BCUT2D eigenvalue weighted by Crippen LogP contribution is -2.19. The molecule has 0 bridgehead atoms. The molecule has 2 N–H and O–H groups in total. The molecule has 0 fully saturated rings. The summed E-state index contributed by atoms with van der Waals surface area (Å²) >= 11 is 0. The van der Waals surface area contributed by atoms with Crippen LogP contribution in [0.2, 0.25) is 0 Å². The second-order valence-electron chi connectivity index (χ2n) is 3.96. The van der Waals surface area contributed by atoms with Crippen molar-refractivity contribution in [1.29, 1.82) is 0 Å². The molecule has 0 aliphatic heterocycles. The van der Waals surface area contributed by atoms with Crippen LogP contribution in [0.25, 0.3) is 0 Å². The van der Waals surface area contributed by atoms with Gasteiger partial charge in [0, 0.05) is 12.7 Å². The minimum Gasteiger partial charge on any atom is -0.449 e. The number of hydrogen-bond donors (Lipinski definition) is 2. The number of carbonyl (C=O) groups excluding carboxylic acids is 1. The van der Waals surface area contributed by atoms with Crippen molar-refractivity contribution in [1.82, 2.24) is 10.6 Å². The number of carbonyl (C=O) groups is 1. The number of alkyl carbamates (subject to hydrolysis) is 1. The van der Waals surface area contributed by atoms with Gasteiger partial charge in [-0.2, -0.15) is 0 Å². The van der Waals surface area contributed by atoms with Gasteiger partial charge < -0.3 is 10.1 Å². The Morgan fingerprint density at radius 1 is 1.47 bits per heavy atom. The molecule has 0 atom stereocenters. The Morgan fingerprint density at radius 3 is 2.88 bits per heavy atom. The molecule has 0 saturated heterocycles. The number of nitrogens with one attached hydrogen (secondary N) is 2. The summed E-state index contributed by atoms with van der Waals surface area (Å²) in [7, 11) is 0. The van der Waals surface area contributed by atoms with Crippen LogP contribution < -0.4 is 10.6 Å². The van der Waals surface area contributed by atoms with Crippen LogP contribution >= 0.6 is 0 Å². The Bertz CT molecular complexity index is 250. The molecule has 0 aliphatic rings. The Hall–Kier alpha value is -1.29. The van der Waals surface area contributed by atoms with E-state index in [0.29, 0.717) is 6.61 Å². The zero-order valence-electron chi connectivity index (χ0n) is 10.9. The lowest BCUT2D eigenvalue weighted by Gasteiger charge is -2.02. The lowest BCUT2D eigenvalue weighted by atomic mass is 10.3. The third kappa shape index (κ3) is 12.6. The summed E-state index contributed by atoms with van der Waals surface area (Å²) in [5.41, 5.74) is 1.12. The minimum atomic E-state index is -0.385. The van der Waals surface area contributed by atoms with Gasteiger partial charge >= 0.3 is 6.09 Å². The van der Waals surface area contributed by atoms with Gasteiger partial charge in [0.2, 0.25) is 0 Å². The van der Waals surface area contributed by atoms with E-state index in [4.69, 9.17) is 4.74 Å². The first-order chi connectivity index (χ1) is 8.16. The highest BCUT2D eigenvalue weighted by molar-refractivity contribution is 5.68.